The normalized spacial score (nSPS) is 20.8. The van der Waals surface area contributed by atoms with Crippen LogP contribution < -0.4 is 4.74 Å². The van der Waals surface area contributed by atoms with E-state index in [9.17, 15) is 14.3 Å². The Bertz CT molecular complexity index is 731. The standard InChI is InChI=1S/C16H18FN3O3/c1-19-15(23-2)8-13(18-19)16(22)20-9-12(21)7-14(20)10-4-3-5-11(17)6-10/h3-6,8,12,14,21H,7,9H2,1-2H3/t12-,14-/m0/s1. The number of ether oxygens (including phenoxy) is 1. The highest BCUT2D eigenvalue weighted by molar-refractivity contribution is 5.93. The molecule has 1 aliphatic heterocycles. The van der Waals surface area contributed by atoms with Gasteiger partial charge in [-0.2, -0.15) is 5.10 Å². The molecule has 122 valence electrons. The van der Waals surface area contributed by atoms with Gasteiger partial charge in [0, 0.05) is 19.7 Å². The van der Waals surface area contributed by atoms with Crippen molar-refractivity contribution in [3.05, 3.63) is 47.4 Å². The summed E-state index contributed by atoms with van der Waals surface area (Å²) in [5.74, 6) is -0.207. The van der Waals surface area contributed by atoms with Gasteiger partial charge in [-0.05, 0) is 24.1 Å². The van der Waals surface area contributed by atoms with E-state index in [0.717, 1.165) is 0 Å². The Morgan fingerprint density at radius 2 is 2.22 bits per heavy atom. The molecule has 2 atom stereocenters. The topological polar surface area (TPSA) is 67.6 Å². The van der Waals surface area contributed by atoms with Crippen LogP contribution in [-0.4, -0.2) is 45.5 Å². The molecule has 0 radical (unpaired) electrons. The predicted molar refractivity (Wildman–Crippen MR) is 80.6 cm³/mol. The SMILES string of the molecule is COc1cc(C(=O)N2C[C@@H](O)C[C@H]2c2cccc(F)c2)nn1C. The van der Waals surface area contributed by atoms with E-state index in [4.69, 9.17) is 4.74 Å². The van der Waals surface area contributed by atoms with Gasteiger partial charge in [-0.15, -0.1) is 0 Å². The first-order valence-electron chi connectivity index (χ1n) is 7.32. The number of aryl methyl sites for hydroxylation is 1. The van der Waals surface area contributed by atoms with Crippen LogP contribution in [0.5, 0.6) is 5.88 Å². The molecule has 0 spiro atoms. The molecular weight excluding hydrogens is 301 g/mol. The van der Waals surface area contributed by atoms with Gasteiger partial charge in [-0.1, -0.05) is 12.1 Å². The minimum atomic E-state index is -0.641. The maximum atomic E-state index is 13.5. The number of halogens is 1. The molecule has 0 unspecified atom stereocenters. The van der Waals surface area contributed by atoms with Crippen LogP contribution in [-0.2, 0) is 7.05 Å². The van der Waals surface area contributed by atoms with Crippen LogP contribution in [0.3, 0.4) is 0 Å². The number of aromatic nitrogens is 2. The summed E-state index contributed by atoms with van der Waals surface area (Å²) in [5.41, 5.74) is 0.901. The fourth-order valence-corrected chi connectivity index (χ4v) is 2.96. The van der Waals surface area contributed by atoms with E-state index in [1.807, 2.05) is 0 Å². The minimum Gasteiger partial charge on any atom is -0.481 e. The Morgan fingerprint density at radius 1 is 1.43 bits per heavy atom. The number of methoxy groups -OCH3 is 1. The van der Waals surface area contributed by atoms with E-state index in [0.29, 0.717) is 17.9 Å². The van der Waals surface area contributed by atoms with Gasteiger partial charge in [0.25, 0.3) is 5.91 Å². The molecule has 3 rings (SSSR count). The fraction of sp³-hybridized carbons (Fsp3) is 0.375. The van der Waals surface area contributed by atoms with Gasteiger partial charge in [0.15, 0.2) is 5.69 Å². The van der Waals surface area contributed by atoms with E-state index in [1.54, 1.807) is 25.2 Å². The lowest BCUT2D eigenvalue weighted by atomic mass is 10.0. The highest BCUT2D eigenvalue weighted by Gasteiger charge is 2.37. The lowest BCUT2D eigenvalue weighted by molar-refractivity contribution is 0.0709. The summed E-state index contributed by atoms with van der Waals surface area (Å²) < 4.78 is 20.1. The highest BCUT2D eigenvalue weighted by atomic mass is 19.1. The lowest BCUT2D eigenvalue weighted by Crippen LogP contribution is -2.32. The van der Waals surface area contributed by atoms with Gasteiger partial charge in [-0.25, -0.2) is 9.07 Å². The maximum Gasteiger partial charge on any atom is 0.275 e. The third-order valence-electron chi connectivity index (χ3n) is 4.04. The molecule has 1 aromatic carbocycles. The fourth-order valence-electron chi connectivity index (χ4n) is 2.96. The molecular formula is C16H18FN3O3. The van der Waals surface area contributed by atoms with Crippen LogP contribution in [0.4, 0.5) is 4.39 Å². The Hall–Kier alpha value is -2.41. The van der Waals surface area contributed by atoms with Gasteiger partial charge in [0.2, 0.25) is 5.88 Å². The summed E-state index contributed by atoms with van der Waals surface area (Å²) in [6.45, 7) is 0.193. The molecule has 1 aromatic heterocycles. The first-order chi connectivity index (χ1) is 11.0. The number of nitrogens with zero attached hydrogens (tertiary/aromatic N) is 3. The Morgan fingerprint density at radius 3 is 2.87 bits per heavy atom. The summed E-state index contributed by atoms with van der Waals surface area (Å²) in [6, 6.07) is 7.27. The number of aliphatic hydroxyl groups is 1. The number of hydrogen-bond acceptors (Lipinski definition) is 4. The van der Waals surface area contributed by atoms with E-state index < -0.39 is 6.10 Å². The second-order valence-corrected chi connectivity index (χ2v) is 5.61. The van der Waals surface area contributed by atoms with Crippen LogP contribution in [0.15, 0.2) is 30.3 Å². The Labute approximate surface area is 133 Å². The van der Waals surface area contributed by atoms with E-state index in [-0.39, 0.29) is 30.0 Å². The van der Waals surface area contributed by atoms with Crippen LogP contribution in [0, 0.1) is 5.82 Å². The van der Waals surface area contributed by atoms with Crippen LogP contribution >= 0.6 is 0 Å². The molecule has 7 heteroatoms. The summed E-state index contributed by atoms with van der Waals surface area (Å²) >= 11 is 0. The van der Waals surface area contributed by atoms with E-state index >= 15 is 0 Å². The zero-order chi connectivity index (χ0) is 16.6. The third-order valence-corrected chi connectivity index (χ3v) is 4.04. The molecule has 1 amide bonds. The zero-order valence-electron chi connectivity index (χ0n) is 12.9. The van der Waals surface area contributed by atoms with Crippen molar-refractivity contribution in [2.75, 3.05) is 13.7 Å². The van der Waals surface area contributed by atoms with Crippen LogP contribution in [0.1, 0.15) is 28.5 Å². The monoisotopic (exact) mass is 319 g/mol. The third kappa shape index (κ3) is 2.92. The average Bonchev–Trinajstić information content (AvgIpc) is 3.09. The maximum absolute atomic E-state index is 13.5. The van der Waals surface area contributed by atoms with Crippen molar-refractivity contribution in [2.24, 2.45) is 7.05 Å². The van der Waals surface area contributed by atoms with Gasteiger partial charge >= 0.3 is 0 Å². The Balaban J connectivity index is 1.91. The number of carbonyl (C=O) groups is 1. The van der Waals surface area contributed by atoms with Crippen molar-refractivity contribution < 1.29 is 19.0 Å². The van der Waals surface area contributed by atoms with Crippen LogP contribution in [0.25, 0.3) is 0 Å². The van der Waals surface area contributed by atoms with E-state index in [2.05, 4.69) is 5.10 Å². The van der Waals surface area contributed by atoms with E-state index in [1.165, 1.54) is 28.8 Å². The summed E-state index contributed by atoms with van der Waals surface area (Å²) in [7, 11) is 3.18. The Kier molecular flexibility index (Phi) is 4.04. The van der Waals surface area contributed by atoms with Crippen molar-refractivity contribution in [1.82, 2.24) is 14.7 Å². The van der Waals surface area contributed by atoms with Crippen molar-refractivity contribution in [3.63, 3.8) is 0 Å². The molecule has 0 bridgehead atoms. The van der Waals surface area contributed by atoms with Crippen molar-refractivity contribution in [1.29, 1.82) is 0 Å². The minimum absolute atomic E-state index is 0.193. The summed E-state index contributed by atoms with van der Waals surface area (Å²) in [5, 5.41) is 14.1. The zero-order valence-corrected chi connectivity index (χ0v) is 12.9. The number of likely N-dealkylation sites (tertiary alicyclic amines) is 1. The quantitative estimate of drug-likeness (QED) is 0.931. The van der Waals surface area contributed by atoms with Crippen molar-refractivity contribution >= 4 is 5.91 Å². The molecule has 0 aliphatic carbocycles. The molecule has 6 nitrogen and oxygen atoms in total. The van der Waals surface area contributed by atoms with Gasteiger partial charge in [0.1, 0.15) is 5.82 Å². The smallest absolute Gasteiger partial charge is 0.275 e. The average molecular weight is 319 g/mol. The van der Waals surface area contributed by atoms with Gasteiger partial charge < -0.3 is 14.7 Å². The summed E-state index contributed by atoms with van der Waals surface area (Å²) in [4.78, 5) is 14.3. The summed E-state index contributed by atoms with van der Waals surface area (Å²) in [6.07, 6.45) is -0.267. The van der Waals surface area contributed by atoms with Gasteiger partial charge in [-0.3, -0.25) is 4.79 Å². The van der Waals surface area contributed by atoms with Gasteiger partial charge in [0.05, 0.1) is 19.3 Å². The lowest BCUT2D eigenvalue weighted by Gasteiger charge is -2.24. The number of aliphatic hydroxyl groups excluding tert-OH is 1. The molecule has 23 heavy (non-hydrogen) atoms. The number of β-amino-alcohol motifs (C(OH)–C–C–N with tert-alkyl or cyclic N) is 1. The van der Waals surface area contributed by atoms with Crippen molar-refractivity contribution in [2.45, 2.75) is 18.6 Å². The highest BCUT2D eigenvalue weighted by Crippen LogP contribution is 2.33. The largest absolute Gasteiger partial charge is 0.481 e. The molecule has 1 fully saturated rings. The predicted octanol–water partition coefficient (Wildman–Crippen LogP) is 1.52. The molecule has 1 N–H and O–H groups in total. The van der Waals surface area contributed by atoms with Crippen LogP contribution in [0.2, 0.25) is 0 Å². The first-order valence-corrected chi connectivity index (χ1v) is 7.32. The molecule has 2 heterocycles. The number of rotatable bonds is 3. The second kappa shape index (κ2) is 6.00. The number of carbonyl (C=O) groups excluding carboxylic acids is 1. The molecule has 1 aliphatic rings. The number of amides is 1. The molecule has 1 saturated heterocycles. The first kappa shape index (κ1) is 15.5. The molecule has 0 saturated carbocycles. The number of hydrogen-bond donors (Lipinski definition) is 1. The van der Waals surface area contributed by atoms with Crippen molar-refractivity contribution in [3.8, 4) is 5.88 Å². The molecule has 2 aromatic rings. The number of benzene rings is 1. The second-order valence-electron chi connectivity index (χ2n) is 5.61.